The van der Waals surface area contributed by atoms with E-state index >= 15 is 0 Å². The van der Waals surface area contributed by atoms with Gasteiger partial charge in [-0.15, -0.1) is 0 Å². The lowest BCUT2D eigenvalue weighted by atomic mass is 10.5. The second kappa shape index (κ2) is 2.04. The van der Waals surface area contributed by atoms with Gasteiger partial charge >= 0.3 is 0 Å². The highest BCUT2D eigenvalue weighted by molar-refractivity contribution is 6.30. The summed E-state index contributed by atoms with van der Waals surface area (Å²) in [5, 5.41) is 0.257. The Hall–Kier alpha value is -0.703. The number of halogens is 1. The molecule has 1 aromatic heterocycles. The molecule has 8 heavy (non-hydrogen) atoms. The van der Waals surface area contributed by atoms with Gasteiger partial charge in [-0.2, -0.15) is 0 Å². The monoisotopic (exact) mass is 124 g/mol. The Morgan fingerprint density at radius 2 is 2.38 bits per heavy atom. The largest absolute Gasteiger partial charge is 0.264 e. The van der Waals surface area contributed by atoms with Crippen LogP contribution in [0.15, 0.2) is 18.3 Å². The fourth-order valence-electron chi connectivity index (χ4n) is 0.386. The molecule has 0 atom stereocenters. The molecule has 0 aromatic carbocycles. The SMILES string of the molecule is Fc1cccnc1[Si]. The zero-order valence-electron chi connectivity index (χ0n) is 4.06. The van der Waals surface area contributed by atoms with E-state index in [1.54, 1.807) is 6.07 Å². The van der Waals surface area contributed by atoms with Crippen molar-refractivity contribution in [3.63, 3.8) is 0 Å². The van der Waals surface area contributed by atoms with Crippen molar-refractivity contribution in [1.29, 1.82) is 0 Å². The minimum absolute atomic E-state index is 0.257. The summed E-state index contributed by atoms with van der Waals surface area (Å²) >= 11 is 0. The fourth-order valence-corrected chi connectivity index (χ4v) is 0.544. The smallest absolute Gasteiger partial charge is 0.139 e. The first-order valence-corrected chi connectivity index (χ1v) is 2.63. The molecule has 0 amide bonds. The Morgan fingerprint density at radius 1 is 1.62 bits per heavy atom. The fraction of sp³-hybridized carbons (Fsp3) is 0. The van der Waals surface area contributed by atoms with Crippen LogP contribution >= 0.6 is 0 Å². The molecule has 0 saturated heterocycles. The van der Waals surface area contributed by atoms with Gasteiger partial charge in [0.1, 0.15) is 16.1 Å². The van der Waals surface area contributed by atoms with Gasteiger partial charge in [-0.25, -0.2) is 4.39 Å². The van der Waals surface area contributed by atoms with Gasteiger partial charge in [0.05, 0.1) is 5.32 Å². The molecule has 0 saturated carbocycles. The first kappa shape index (κ1) is 5.43. The van der Waals surface area contributed by atoms with Crippen molar-refractivity contribution >= 4 is 15.6 Å². The molecular formula is C5H3FNSi. The molecule has 39 valence electrons. The van der Waals surface area contributed by atoms with Crippen LogP contribution in [0.25, 0.3) is 0 Å². The van der Waals surface area contributed by atoms with E-state index in [0.717, 1.165) is 0 Å². The van der Waals surface area contributed by atoms with E-state index in [0.29, 0.717) is 0 Å². The maximum Gasteiger partial charge on any atom is 0.139 e. The maximum atomic E-state index is 12.2. The number of rotatable bonds is 0. The third kappa shape index (κ3) is 0.922. The van der Waals surface area contributed by atoms with Crippen molar-refractivity contribution in [2.75, 3.05) is 0 Å². The van der Waals surface area contributed by atoms with Crippen LogP contribution in [0.5, 0.6) is 0 Å². The lowest BCUT2D eigenvalue weighted by Gasteiger charge is -1.88. The first-order valence-electron chi connectivity index (χ1n) is 2.13. The van der Waals surface area contributed by atoms with Crippen molar-refractivity contribution < 1.29 is 4.39 Å². The van der Waals surface area contributed by atoms with Gasteiger partial charge in [0.2, 0.25) is 0 Å². The van der Waals surface area contributed by atoms with E-state index in [1.165, 1.54) is 12.3 Å². The number of pyridine rings is 1. The van der Waals surface area contributed by atoms with E-state index in [9.17, 15) is 4.39 Å². The summed E-state index contributed by atoms with van der Waals surface area (Å²) < 4.78 is 12.2. The molecular weight excluding hydrogens is 121 g/mol. The van der Waals surface area contributed by atoms with Crippen LogP contribution in [0.1, 0.15) is 0 Å². The molecule has 3 radical (unpaired) electrons. The normalized spacial score (nSPS) is 9.25. The van der Waals surface area contributed by atoms with E-state index in [1.807, 2.05) is 0 Å². The summed E-state index contributed by atoms with van der Waals surface area (Å²) in [6.45, 7) is 0. The van der Waals surface area contributed by atoms with Crippen LogP contribution in [-0.4, -0.2) is 15.2 Å². The van der Waals surface area contributed by atoms with Crippen LogP contribution in [0.4, 0.5) is 4.39 Å². The Morgan fingerprint density at radius 3 is 2.75 bits per heavy atom. The third-order valence-electron chi connectivity index (χ3n) is 0.758. The predicted octanol–water partition coefficient (Wildman–Crippen LogP) is 0.0145. The molecule has 0 aliphatic carbocycles. The van der Waals surface area contributed by atoms with Crippen LogP contribution in [0.3, 0.4) is 0 Å². The topological polar surface area (TPSA) is 12.9 Å². The molecule has 0 unspecified atom stereocenters. The summed E-state index contributed by atoms with van der Waals surface area (Å²) in [4.78, 5) is 3.62. The minimum Gasteiger partial charge on any atom is -0.264 e. The van der Waals surface area contributed by atoms with Gasteiger partial charge < -0.3 is 0 Å². The van der Waals surface area contributed by atoms with E-state index in [4.69, 9.17) is 0 Å². The standard InChI is InChI=1S/C5H3FNSi/c6-4-2-1-3-7-5(4)8/h1-3H. The van der Waals surface area contributed by atoms with Crippen LogP contribution in [0, 0.1) is 5.82 Å². The predicted molar refractivity (Wildman–Crippen MR) is 29.6 cm³/mol. The molecule has 1 rings (SSSR count). The molecule has 0 aliphatic rings. The lowest BCUT2D eigenvalue weighted by molar-refractivity contribution is 0.631. The van der Waals surface area contributed by atoms with Gasteiger partial charge in [-0.05, 0) is 12.1 Å². The summed E-state index contributed by atoms with van der Waals surface area (Å²) in [7, 11) is 2.96. The van der Waals surface area contributed by atoms with Gasteiger partial charge in [0, 0.05) is 6.20 Å². The van der Waals surface area contributed by atoms with Crippen molar-refractivity contribution in [1.82, 2.24) is 4.98 Å². The molecule has 0 aliphatic heterocycles. The van der Waals surface area contributed by atoms with Crippen molar-refractivity contribution in [3.8, 4) is 0 Å². The Bertz CT molecular complexity index is 169. The molecule has 0 bridgehead atoms. The van der Waals surface area contributed by atoms with Crippen molar-refractivity contribution in [3.05, 3.63) is 24.1 Å². The molecule has 1 aromatic rings. The second-order valence-electron chi connectivity index (χ2n) is 1.33. The van der Waals surface area contributed by atoms with Crippen LogP contribution in [0.2, 0.25) is 0 Å². The summed E-state index contributed by atoms with van der Waals surface area (Å²) in [5.74, 6) is -0.329. The highest BCUT2D eigenvalue weighted by atomic mass is 28.1. The van der Waals surface area contributed by atoms with E-state index in [-0.39, 0.29) is 11.1 Å². The first-order chi connectivity index (χ1) is 3.80. The molecule has 0 fully saturated rings. The van der Waals surface area contributed by atoms with Gasteiger partial charge in [0.25, 0.3) is 0 Å². The van der Waals surface area contributed by atoms with Crippen LogP contribution in [-0.2, 0) is 0 Å². The summed E-state index contributed by atoms with van der Waals surface area (Å²) in [6, 6.07) is 2.88. The Kier molecular flexibility index (Phi) is 1.39. The molecule has 1 nitrogen and oxygen atoms in total. The third-order valence-corrected chi connectivity index (χ3v) is 1.13. The maximum absolute atomic E-state index is 12.2. The lowest BCUT2D eigenvalue weighted by Crippen LogP contribution is -2.11. The highest BCUT2D eigenvalue weighted by Gasteiger charge is 1.90. The Balaban J connectivity index is 3.13. The number of hydrogen-bond acceptors (Lipinski definition) is 1. The van der Waals surface area contributed by atoms with Crippen molar-refractivity contribution in [2.24, 2.45) is 0 Å². The van der Waals surface area contributed by atoms with Gasteiger partial charge in [0.15, 0.2) is 0 Å². The number of aromatic nitrogens is 1. The van der Waals surface area contributed by atoms with Gasteiger partial charge in [-0.1, -0.05) is 0 Å². The van der Waals surface area contributed by atoms with E-state index in [2.05, 4.69) is 15.2 Å². The minimum atomic E-state index is -0.329. The highest BCUT2D eigenvalue weighted by Crippen LogP contribution is 1.84. The Labute approximate surface area is 50.0 Å². The average Bonchev–Trinajstić information content (AvgIpc) is 1.77. The summed E-state index contributed by atoms with van der Waals surface area (Å²) in [6.07, 6.45) is 1.52. The van der Waals surface area contributed by atoms with Crippen molar-refractivity contribution in [2.45, 2.75) is 0 Å². The average molecular weight is 124 g/mol. The zero-order valence-corrected chi connectivity index (χ0v) is 5.06. The molecule has 0 N–H and O–H groups in total. The summed E-state index contributed by atoms with van der Waals surface area (Å²) in [5.41, 5.74) is 0. The van der Waals surface area contributed by atoms with Gasteiger partial charge in [-0.3, -0.25) is 4.98 Å². The zero-order chi connectivity index (χ0) is 5.98. The molecule has 0 spiro atoms. The number of nitrogens with zero attached hydrogens (tertiary/aromatic N) is 1. The molecule has 1 heterocycles. The molecule has 3 heteroatoms. The van der Waals surface area contributed by atoms with Crippen LogP contribution < -0.4 is 5.32 Å². The number of hydrogen-bond donors (Lipinski definition) is 0. The van der Waals surface area contributed by atoms with E-state index < -0.39 is 0 Å². The quantitative estimate of drug-likeness (QED) is 0.444. The second-order valence-corrected chi connectivity index (χ2v) is 1.81.